The third kappa shape index (κ3) is 4.39. The normalized spacial score (nSPS) is 18.4. The standard InChI is InChI=1S/C15H25N3/c1-13(2)17-11-14-5-9-18(10-6-14)12-15-3-7-16-8-4-15/h3-4,7-8,13-14,17H,5-6,9-12H2,1-2H3. The minimum atomic E-state index is 0.611. The Morgan fingerprint density at radius 1 is 1.28 bits per heavy atom. The first kappa shape index (κ1) is 13.5. The lowest BCUT2D eigenvalue weighted by atomic mass is 9.96. The van der Waals surface area contributed by atoms with Gasteiger partial charge in [0.1, 0.15) is 0 Å². The first-order valence-electron chi connectivity index (χ1n) is 7.08. The van der Waals surface area contributed by atoms with Gasteiger partial charge in [0.25, 0.3) is 0 Å². The van der Waals surface area contributed by atoms with Crippen LogP contribution in [0.4, 0.5) is 0 Å². The Morgan fingerprint density at radius 2 is 1.94 bits per heavy atom. The van der Waals surface area contributed by atoms with E-state index in [0.29, 0.717) is 6.04 Å². The molecule has 0 aliphatic carbocycles. The summed E-state index contributed by atoms with van der Waals surface area (Å²) >= 11 is 0. The summed E-state index contributed by atoms with van der Waals surface area (Å²) < 4.78 is 0. The van der Waals surface area contributed by atoms with Crippen LogP contribution >= 0.6 is 0 Å². The van der Waals surface area contributed by atoms with E-state index in [4.69, 9.17) is 0 Å². The van der Waals surface area contributed by atoms with Gasteiger partial charge in [0, 0.05) is 25.0 Å². The molecule has 0 aromatic carbocycles. The van der Waals surface area contributed by atoms with E-state index in [0.717, 1.165) is 12.5 Å². The fraction of sp³-hybridized carbons (Fsp3) is 0.667. The van der Waals surface area contributed by atoms with Gasteiger partial charge in [0.2, 0.25) is 0 Å². The third-order valence-electron chi connectivity index (χ3n) is 3.68. The van der Waals surface area contributed by atoms with Gasteiger partial charge in [-0.2, -0.15) is 0 Å². The number of pyridine rings is 1. The number of rotatable bonds is 5. The van der Waals surface area contributed by atoms with Crippen molar-refractivity contribution in [1.82, 2.24) is 15.2 Å². The molecule has 100 valence electrons. The lowest BCUT2D eigenvalue weighted by Gasteiger charge is -2.32. The van der Waals surface area contributed by atoms with E-state index in [1.54, 1.807) is 0 Å². The van der Waals surface area contributed by atoms with Crippen LogP contribution < -0.4 is 5.32 Å². The van der Waals surface area contributed by atoms with Crippen molar-refractivity contribution in [3.05, 3.63) is 30.1 Å². The number of nitrogens with one attached hydrogen (secondary N) is 1. The summed E-state index contributed by atoms with van der Waals surface area (Å²) in [6.07, 6.45) is 6.42. The predicted octanol–water partition coefficient (Wildman–Crippen LogP) is 2.29. The highest BCUT2D eigenvalue weighted by Gasteiger charge is 2.18. The van der Waals surface area contributed by atoms with E-state index < -0.39 is 0 Å². The van der Waals surface area contributed by atoms with E-state index in [-0.39, 0.29) is 0 Å². The van der Waals surface area contributed by atoms with Crippen molar-refractivity contribution in [2.45, 2.75) is 39.3 Å². The highest BCUT2D eigenvalue weighted by molar-refractivity contribution is 5.09. The fourth-order valence-corrected chi connectivity index (χ4v) is 2.50. The highest BCUT2D eigenvalue weighted by atomic mass is 15.1. The molecule has 0 amide bonds. The van der Waals surface area contributed by atoms with Crippen molar-refractivity contribution < 1.29 is 0 Å². The maximum absolute atomic E-state index is 4.06. The average Bonchev–Trinajstić information content (AvgIpc) is 2.39. The smallest absolute Gasteiger partial charge is 0.0271 e. The van der Waals surface area contributed by atoms with Gasteiger partial charge in [-0.3, -0.25) is 9.88 Å². The molecule has 1 saturated heterocycles. The first-order valence-corrected chi connectivity index (χ1v) is 7.08. The van der Waals surface area contributed by atoms with Crippen LogP contribution in [0.5, 0.6) is 0 Å². The molecule has 0 saturated carbocycles. The lowest BCUT2D eigenvalue weighted by Crippen LogP contribution is -2.38. The summed E-state index contributed by atoms with van der Waals surface area (Å²) in [5, 5.41) is 3.55. The maximum Gasteiger partial charge on any atom is 0.0271 e. The summed E-state index contributed by atoms with van der Waals surface area (Å²) in [6.45, 7) is 9.16. The number of nitrogens with zero attached hydrogens (tertiary/aromatic N) is 2. The summed E-state index contributed by atoms with van der Waals surface area (Å²) in [5.41, 5.74) is 1.38. The number of likely N-dealkylation sites (tertiary alicyclic amines) is 1. The molecule has 3 heteroatoms. The van der Waals surface area contributed by atoms with Crippen molar-refractivity contribution >= 4 is 0 Å². The summed E-state index contributed by atoms with van der Waals surface area (Å²) in [5.74, 6) is 0.862. The zero-order valence-electron chi connectivity index (χ0n) is 11.6. The van der Waals surface area contributed by atoms with E-state index in [1.807, 2.05) is 12.4 Å². The number of hydrogen-bond acceptors (Lipinski definition) is 3. The summed E-state index contributed by atoms with van der Waals surface area (Å²) in [7, 11) is 0. The van der Waals surface area contributed by atoms with Gasteiger partial charge in [-0.1, -0.05) is 13.8 Å². The molecule has 0 unspecified atom stereocenters. The van der Waals surface area contributed by atoms with Gasteiger partial charge in [-0.15, -0.1) is 0 Å². The van der Waals surface area contributed by atoms with E-state index >= 15 is 0 Å². The average molecular weight is 247 g/mol. The van der Waals surface area contributed by atoms with Gasteiger partial charge >= 0.3 is 0 Å². The van der Waals surface area contributed by atoms with Gasteiger partial charge < -0.3 is 5.32 Å². The topological polar surface area (TPSA) is 28.2 Å². The van der Waals surface area contributed by atoms with Crippen molar-refractivity contribution in [2.24, 2.45) is 5.92 Å². The van der Waals surface area contributed by atoms with Crippen LogP contribution in [0.25, 0.3) is 0 Å². The number of hydrogen-bond donors (Lipinski definition) is 1. The van der Waals surface area contributed by atoms with Crippen LogP contribution in [0, 0.1) is 5.92 Å². The highest BCUT2D eigenvalue weighted by Crippen LogP contribution is 2.18. The Labute approximate surface area is 111 Å². The molecule has 2 heterocycles. The van der Waals surface area contributed by atoms with Crippen molar-refractivity contribution in [3.63, 3.8) is 0 Å². The van der Waals surface area contributed by atoms with Crippen LogP contribution in [0.3, 0.4) is 0 Å². The second-order valence-electron chi connectivity index (χ2n) is 5.64. The van der Waals surface area contributed by atoms with Gasteiger partial charge in [-0.25, -0.2) is 0 Å². The second kappa shape index (κ2) is 6.86. The monoisotopic (exact) mass is 247 g/mol. The molecular weight excluding hydrogens is 222 g/mol. The van der Waals surface area contributed by atoms with E-state index in [2.05, 4.69) is 41.2 Å². The van der Waals surface area contributed by atoms with Crippen LogP contribution in [-0.4, -0.2) is 35.6 Å². The Hall–Kier alpha value is -0.930. The molecule has 0 atom stereocenters. The Morgan fingerprint density at radius 3 is 2.56 bits per heavy atom. The zero-order valence-corrected chi connectivity index (χ0v) is 11.6. The first-order chi connectivity index (χ1) is 8.74. The molecule has 0 spiro atoms. The van der Waals surface area contributed by atoms with Gasteiger partial charge in [0.05, 0.1) is 0 Å². The van der Waals surface area contributed by atoms with E-state index in [9.17, 15) is 0 Å². The summed E-state index contributed by atoms with van der Waals surface area (Å²) in [6, 6.07) is 4.85. The molecule has 0 radical (unpaired) electrons. The molecule has 1 aromatic heterocycles. The van der Waals surface area contributed by atoms with Gasteiger partial charge in [0.15, 0.2) is 0 Å². The minimum Gasteiger partial charge on any atom is -0.314 e. The van der Waals surface area contributed by atoms with Crippen LogP contribution in [0.15, 0.2) is 24.5 Å². The molecule has 3 nitrogen and oxygen atoms in total. The number of aromatic nitrogens is 1. The molecular formula is C15H25N3. The maximum atomic E-state index is 4.06. The van der Waals surface area contributed by atoms with Crippen LogP contribution in [-0.2, 0) is 6.54 Å². The third-order valence-corrected chi connectivity index (χ3v) is 3.68. The molecule has 1 aliphatic heterocycles. The molecule has 1 fully saturated rings. The molecule has 0 bridgehead atoms. The molecule has 1 N–H and O–H groups in total. The predicted molar refractivity (Wildman–Crippen MR) is 75.4 cm³/mol. The lowest BCUT2D eigenvalue weighted by molar-refractivity contribution is 0.174. The SMILES string of the molecule is CC(C)NCC1CCN(Cc2ccncc2)CC1. The number of piperidine rings is 1. The fourth-order valence-electron chi connectivity index (χ4n) is 2.50. The Balaban J connectivity index is 1.70. The van der Waals surface area contributed by atoms with Crippen molar-refractivity contribution in [1.29, 1.82) is 0 Å². The Kier molecular flexibility index (Phi) is 5.14. The quantitative estimate of drug-likeness (QED) is 0.865. The van der Waals surface area contributed by atoms with Crippen molar-refractivity contribution in [3.8, 4) is 0 Å². The van der Waals surface area contributed by atoms with Crippen molar-refractivity contribution in [2.75, 3.05) is 19.6 Å². The van der Waals surface area contributed by atoms with Crippen LogP contribution in [0.2, 0.25) is 0 Å². The second-order valence-corrected chi connectivity index (χ2v) is 5.64. The molecule has 18 heavy (non-hydrogen) atoms. The van der Waals surface area contributed by atoms with Crippen LogP contribution in [0.1, 0.15) is 32.3 Å². The van der Waals surface area contributed by atoms with E-state index in [1.165, 1.54) is 38.0 Å². The molecule has 1 aromatic rings. The minimum absolute atomic E-state index is 0.611. The summed E-state index contributed by atoms with van der Waals surface area (Å²) in [4.78, 5) is 6.62. The zero-order chi connectivity index (χ0) is 12.8. The largest absolute Gasteiger partial charge is 0.314 e. The molecule has 1 aliphatic rings. The van der Waals surface area contributed by atoms with Gasteiger partial charge in [-0.05, 0) is 56.1 Å². The molecule has 2 rings (SSSR count). The Bertz CT molecular complexity index is 329.